The molecular weight excluding hydrogens is 216 g/mol. The van der Waals surface area contributed by atoms with Crippen molar-refractivity contribution in [1.82, 2.24) is 0 Å². The van der Waals surface area contributed by atoms with Crippen LogP contribution >= 0.6 is 0 Å². The Kier molecular flexibility index (Phi) is 3.19. The van der Waals surface area contributed by atoms with E-state index in [2.05, 4.69) is 0 Å². The fourth-order valence-electron chi connectivity index (χ4n) is 1.69. The summed E-state index contributed by atoms with van der Waals surface area (Å²) in [5.74, 6) is 1.41. The number of para-hydroxylation sites is 1. The maximum absolute atomic E-state index is 10.0. The van der Waals surface area contributed by atoms with Gasteiger partial charge in [-0.15, -0.1) is 0 Å². The van der Waals surface area contributed by atoms with Gasteiger partial charge in [0.2, 0.25) is 0 Å². The Morgan fingerprint density at radius 3 is 2.18 bits per heavy atom. The van der Waals surface area contributed by atoms with E-state index in [1.165, 1.54) is 7.11 Å². The number of ether oxygens (including phenoxy) is 2. The molecule has 17 heavy (non-hydrogen) atoms. The minimum atomic E-state index is 0.153. The summed E-state index contributed by atoms with van der Waals surface area (Å²) in [7, 11) is 3.16. The van der Waals surface area contributed by atoms with E-state index in [-0.39, 0.29) is 5.75 Å². The van der Waals surface area contributed by atoms with Crippen molar-refractivity contribution in [3.05, 3.63) is 42.5 Å². The van der Waals surface area contributed by atoms with Gasteiger partial charge in [-0.2, -0.15) is 0 Å². The lowest BCUT2D eigenvalue weighted by atomic mass is 10.0. The van der Waals surface area contributed by atoms with Gasteiger partial charge < -0.3 is 14.6 Å². The SMILES string of the molecule is COc1ccc(-c2cccc(OC)c2O)cc1. The summed E-state index contributed by atoms with van der Waals surface area (Å²) in [5.41, 5.74) is 1.66. The van der Waals surface area contributed by atoms with Crippen molar-refractivity contribution in [2.75, 3.05) is 14.2 Å². The molecule has 2 aromatic rings. The lowest BCUT2D eigenvalue weighted by Crippen LogP contribution is -1.87. The number of phenolic OH excluding ortho intramolecular Hbond substituents is 1. The van der Waals surface area contributed by atoms with E-state index < -0.39 is 0 Å². The summed E-state index contributed by atoms with van der Waals surface area (Å²) in [6, 6.07) is 12.9. The molecule has 0 aliphatic heterocycles. The molecule has 3 nitrogen and oxygen atoms in total. The van der Waals surface area contributed by atoms with Crippen LogP contribution in [0.3, 0.4) is 0 Å². The van der Waals surface area contributed by atoms with E-state index in [0.29, 0.717) is 5.75 Å². The fraction of sp³-hybridized carbons (Fsp3) is 0.143. The first-order chi connectivity index (χ1) is 8.26. The number of methoxy groups -OCH3 is 2. The van der Waals surface area contributed by atoms with Crippen LogP contribution in [0.2, 0.25) is 0 Å². The van der Waals surface area contributed by atoms with Gasteiger partial charge in [0, 0.05) is 5.56 Å². The first-order valence-electron chi connectivity index (χ1n) is 5.26. The molecule has 0 aliphatic rings. The second kappa shape index (κ2) is 4.78. The predicted molar refractivity (Wildman–Crippen MR) is 66.6 cm³/mol. The van der Waals surface area contributed by atoms with Crippen LogP contribution in [0.25, 0.3) is 11.1 Å². The summed E-state index contributed by atoms with van der Waals surface area (Å²) < 4.78 is 10.2. The summed E-state index contributed by atoms with van der Waals surface area (Å²) >= 11 is 0. The van der Waals surface area contributed by atoms with E-state index in [1.807, 2.05) is 36.4 Å². The molecule has 88 valence electrons. The maximum Gasteiger partial charge on any atom is 0.165 e. The van der Waals surface area contributed by atoms with Gasteiger partial charge in [0.15, 0.2) is 11.5 Å². The predicted octanol–water partition coefficient (Wildman–Crippen LogP) is 3.08. The lowest BCUT2D eigenvalue weighted by molar-refractivity contribution is 0.374. The Morgan fingerprint density at radius 2 is 1.59 bits per heavy atom. The van der Waals surface area contributed by atoms with Crippen molar-refractivity contribution >= 4 is 0 Å². The van der Waals surface area contributed by atoms with E-state index in [4.69, 9.17) is 9.47 Å². The molecule has 2 aromatic carbocycles. The van der Waals surface area contributed by atoms with Crippen molar-refractivity contribution in [1.29, 1.82) is 0 Å². The minimum Gasteiger partial charge on any atom is -0.504 e. The van der Waals surface area contributed by atoms with Gasteiger partial charge >= 0.3 is 0 Å². The van der Waals surface area contributed by atoms with Crippen LogP contribution in [0.1, 0.15) is 0 Å². The summed E-state index contributed by atoms with van der Waals surface area (Å²) in [6.07, 6.45) is 0. The summed E-state index contributed by atoms with van der Waals surface area (Å²) in [6.45, 7) is 0. The molecule has 2 rings (SSSR count). The van der Waals surface area contributed by atoms with Crippen molar-refractivity contribution in [2.24, 2.45) is 0 Å². The van der Waals surface area contributed by atoms with Gasteiger partial charge in [0.1, 0.15) is 5.75 Å². The highest BCUT2D eigenvalue weighted by atomic mass is 16.5. The molecule has 1 N–H and O–H groups in total. The number of aromatic hydroxyl groups is 1. The zero-order valence-electron chi connectivity index (χ0n) is 9.81. The second-order valence-electron chi connectivity index (χ2n) is 3.58. The third kappa shape index (κ3) is 2.18. The van der Waals surface area contributed by atoms with E-state index >= 15 is 0 Å². The van der Waals surface area contributed by atoms with Crippen LogP contribution < -0.4 is 9.47 Å². The zero-order chi connectivity index (χ0) is 12.3. The van der Waals surface area contributed by atoms with Crippen LogP contribution in [-0.4, -0.2) is 19.3 Å². The third-order valence-electron chi connectivity index (χ3n) is 2.62. The molecule has 0 saturated carbocycles. The van der Waals surface area contributed by atoms with Gasteiger partial charge in [-0.3, -0.25) is 0 Å². The highest BCUT2D eigenvalue weighted by molar-refractivity contribution is 5.73. The Bertz CT molecular complexity index is 503. The van der Waals surface area contributed by atoms with Crippen molar-refractivity contribution in [3.63, 3.8) is 0 Å². The first-order valence-corrected chi connectivity index (χ1v) is 5.26. The van der Waals surface area contributed by atoms with Crippen molar-refractivity contribution in [2.45, 2.75) is 0 Å². The van der Waals surface area contributed by atoms with Crippen molar-refractivity contribution < 1.29 is 14.6 Å². The first kappa shape index (κ1) is 11.3. The second-order valence-corrected chi connectivity index (χ2v) is 3.58. The van der Waals surface area contributed by atoms with E-state index in [9.17, 15) is 5.11 Å². The molecule has 0 aliphatic carbocycles. The average Bonchev–Trinajstić information content (AvgIpc) is 2.39. The lowest BCUT2D eigenvalue weighted by Gasteiger charge is -2.09. The summed E-state index contributed by atoms with van der Waals surface area (Å²) in [4.78, 5) is 0. The maximum atomic E-state index is 10.0. The number of phenols is 1. The van der Waals surface area contributed by atoms with Crippen LogP contribution in [0.4, 0.5) is 0 Å². The molecule has 0 bridgehead atoms. The monoisotopic (exact) mass is 230 g/mol. The van der Waals surface area contributed by atoms with Gasteiger partial charge in [0.25, 0.3) is 0 Å². The highest BCUT2D eigenvalue weighted by Crippen LogP contribution is 2.37. The Hall–Kier alpha value is -2.16. The van der Waals surface area contributed by atoms with E-state index in [1.54, 1.807) is 13.2 Å². The zero-order valence-corrected chi connectivity index (χ0v) is 9.81. The molecule has 0 aromatic heterocycles. The number of hydrogen-bond acceptors (Lipinski definition) is 3. The van der Waals surface area contributed by atoms with Crippen molar-refractivity contribution in [3.8, 4) is 28.4 Å². The number of rotatable bonds is 3. The Labute approximate surface area is 100 Å². The third-order valence-corrected chi connectivity index (χ3v) is 2.62. The molecule has 0 amide bonds. The molecule has 0 radical (unpaired) electrons. The largest absolute Gasteiger partial charge is 0.504 e. The number of benzene rings is 2. The molecule has 0 spiro atoms. The quantitative estimate of drug-likeness (QED) is 0.880. The standard InChI is InChI=1S/C14H14O3/c1-16-11-8-6-10(7-9-11)12-4-3-5-13(17-2)14(12)15/h3-9,15H,1-2H3. The highest BCUT2D eigenvalue weighted by Gasteiger charge is 2.08. The Morgan fingerprint density at radius 1 is 0.882 bits per heavy atom. The van der Waals surface area contributed by atoms with E-state index in [0.717, 1.165) is 16.9 Å². The van der Waals surface area contributed by atoms with Gasteiger partial charge in [-0.1, -0.05) is 24.3 Å². The average molecular weight is 230 g/mol. The summed E-state index contributed by atoms with van der Waals surface area (Å²) in [5, 5.41) is 10.0. The molecule has 3 heteroatoms. The molecule has 0 saturated heterocycles. The molecule has 0 unspecified atom stereocenters. The fourth-order valence-corrected chi connectivity index (χ4v) is 1.69. The molecule has 0 atom stereocenters. The smallest absolute Gasteiger partial charge is 0.165 e. The topological polar surface area (TPSA) is 38.7 Å². The van der Waals surface area contributed by atoms with Gasteiger partial charge in [-0.05, 0) is 23.8 Å². The van der Waals surface area contributed by atoms with Crippen LogP contribution in [0.5, 0.6) is 17.2 Å². The Balaban J connectivity index is 2.45. The van der Waals surface area contributed by atoms with Crippen LogP contribution in [-0.2, 0) is 0 Å². The van der Waals surface area contributed by atoms with Crippen LogP contribution in [0.15, 0.2) is 42.5 Å². The molecular formula is C14H14O3. The normalized spacial score (nSPS) is 10.0. The van der Waals surface area contributed by atoms with Crippen LogP contribution in [0, 0.1) is 0 Å². The van der Waals surface area contributed by atoms with Gasteiger partial charge in [0.05, 0.1) is 14.2 Å². The molecule has 0 heterocycles. The molecule has 0 fully saturated rings. The minimum absolute atomic E-state index is 0.153. The van der Waals surface area contributed by atoms with Gasteiger partial charge in [-0.25, -0.2) is 0 Å². The number of hydrogen-bond donors (Lipinski definition) is 1.